The Morgan fingerprint density at radius 3 is 0.947 bits per heavy atom. The van der Waals surface area contributed by atoms with E-state index in [9.17, 15) is 19.8 Å². The number of esters is 1. The van der Waals surface area contributed by atoms with Gasteiger partial charge < -0.3 is 20.3 Å². The highest BCUT2D eigenvalue weighted by atomic mass is 16.5. The van der Waals surface area contributed by atoms with Gasteiger partial charge in [-0.25, -0.2) is 0 Å². The number of unbranched alkanes of at least 4 members (excludes halogenated alkanes) is 52. The molecule has 6 heteroatoms. The van der Waals surface area contributed by atoms with E-state index < -0.39 is 12.1 Å². The lowest BCUT2D eigenvalue weighted by Gasteiger charge is -2.22. The Labute approximate surface area is 469 Å². The van der Waals surface area contributed by atoms with Crippen LogP contribution < -0.4 is 5.32 Å². The van der Waals surface area contributed by atoms with Gasteiger partial charge in [-0.05, 0) is 51.4 Å². The Hall–Kier alpha value is -1.40. The molecule has 2 atom stereocenters. The molecular formula is C69H135NO5. The molecule has 0 aliphatic rings. The molecule has 0 rings (SSSR count). The first-order valence-corrected chi connectivity index (χ1v) is 34.4. The molecule has 0 heterocycles. The van der Waals surface area contributed by atoms with Crippen LogP contribution in [0.25, 0.3) is 0 Å². The van der Waals surface area contributed by atoms with E-state index in [0.717, 1.165) is 44.9 Å². The second kappa shape index (κ2) is 65.1. The summed E-state index contributed by atoms with van der Waals surface area (Å²) < 4.78 is 5.49. The second-order valence-electron chi connectivity index (χ2n) is 23.9. The number of ether oxygens (including phenoxy) is 1. The monoisotopic (exact) mass is 1060 g/mol. The predicted octanol–water partition coefficient (Wildman–Crippen LogP) is 22.0. The van der Waals surface area contributed by atoms with Crippen LogP contribution in [0, 0.1) is 0 Å². The van der Waals surface area contributed by atoms with Gasteiger partial charge in [-0.15, -0.1) is 0 Å². The molecule has 0 saturated heterocycles. The summed E-state index contributed by atoms with van der Waals surface area (Å²) in [6, 6.07) is -0.536. The van der Waals surface area contributed by atoms with Crippen molar-refractivity contribution in [1.82, 2.24) is 5.32 Å². The normalized spacial score (nSPS) is 12.5. The maximum atomic E-state index is 12.5. The van der Waals surface area contributed by atoms with E-state index in [1.807, 2.05) is 0 Å². The van der Waals surface area contributed by atoms with Crippen molar-refractivity contribution in [2.24, 2.45) is 0 Å². The van der Waals surface area contributed by atoms with E-state index >= 15 is 0 Å². The summed E-state index contributed by atoms with van der Waals surface area (Å²) >= 11 is 0. The van der Waals surface area contributed by atoms with Crippen molar-refractivity contribution in [1.29, 1.82) is 0 Å². The fourth-order valence-electron chi connectivity index (χ4n) is 11.1. The molecule has 75 heavy (non-hydrogen) atoms. The lowest BCUT2D eigenvalue weighted by molar-refractivity contribution is -0.143. The molecule has 0 aliphatic carbocycles. The quantitative estimate of drug-likeness (QED) is 0.0320. The molecule has 0 aromatic carbocycles. The lowest BCUT2D eigenvalue weighted by Crippen LogP contribution is -2.45. The van der Waals surface area contributed by atoms with Gasteiger partial charge in [-0.2, -0.15) is 0 Å². The average Bonchev–Trinajstić information content (AvgIpc) is 3.41. The van der Waals surface area contributed by atoms with Crippen molar-refractivity contribution >= 4 is 11.9 Å². The summed E-state index contributed by atoms with van der Waals surface area (Å²) in [5.41, 5.74) is 0. The molecular weight excluding hydrogens is 923 g/mol. The third-order valence-electron chi connectivity index (χ3n) is 16.3. The molecule has 0 aromatic rings. The Balaban J connectivity index is 3.30. The fourth-order valence-corrected chi connectivity index (χ4v) is 11.1. The van der Waals surface area contributed by atoms with E-state index in [1.54, 1.807) is 0 Å². The van der Waals surface area contributed by atoms with Crippen molar-refractivity contribution < 1.29 is 24.5 Å². The molecule has 0 aromatic heterocycles. The van der Waals surface area contributed by atoms with Crippen LogP contribution in [0.4, 0.5) is 0 Å². The number of hydrogen-bond donors (Lipinski definition) is 3. The molecule has 3 N–H and O–H groups in total. The minimum Gasteiger partial charge on any atom is -0.466 e. The maximum Gasteiger partial charge on any atom is 0.305 e. The number of aliphatic hydroxyl groups is 2. The highest BCUT2D eigenvalue weighted by Gasteiger charge is 2.20. The summed E-state index contributed by atoms with van der Waals surface area (Å²) in [5, 5.41) is 23.3. The van der Waals surface area contributed by atoms with Gasteiger partial charge in [0.25, 0.3) is 0 Å². The van der Waals surface area contributed by atoms with Gasteiger partial charge in [-0.3, -0.25) is 9.59 Å². The first-order valence-electron chi connectivity index (χ1n) is 34.4. The van der Waals surface area contributed by atoms with E-state index in [-0.39, 0.29) is 18.5 Å². The van der Waals surface area contributed by atoms with Gasteiger partial charge in [0.05, 0.1) is 25.4 Å². The molecule has 0 spiro atoms. The zero-order chi connectivity index (χ0) is 54.3. The van der Waals surface area contributed by atoms with Crippen LogP contribution in [0.5, 0.6) is 0 Å². The summed E-state index contributed by atoms with van der Waals surface area (Å²) in [7, 11) is 0. The number of allylic oxidation sites excluding steroid dienone is 2. The zero-order valence-corrected chi connectivity index (χ0v) is 51.1. The molecule has 0 fully saturated rings. The number of hydrogen-bond acceptors (Lipinski definition) is 5. The number of carbonyl (C=O) groups is 2. The number of nitrogens with one attached hydrogen (secondary N) is 1. The Bertz CT molecular complexity index is 1130. The minimum absolute atomic E-state index is 0.0133. The van der Waals surface area contributed by atoms with E-state index in [2.05, 4.69) is 31.3 Å². The molecule has 0 bridgehead atoms. The van der Waals surface area contributed by atoms with Crippen LogP contribution in [0.1, 0.15) is 393 Å². The molecule has 446 valence electrons. The molecule has 0 aliphatic heterocycles. The summed E-state index contributed by atoms with van der Waals surface area (Å²) in [5.74, 6) is -0.0154. The SMILES string of the molecule is CCCCCCC/C=C\CCCCCCCC(=O)OCCCCCCCCCCCCCCCCCCCCCCCCCCCCCCCCCCC(=O)NC(CO)C(O)CCCCCCCCCCCCCC. The number of amides is 1. The van der Waals surface area contributed by atoms with Crippen LogP contribution in [0.3, 0.4) is 0 Å². The molecule has 0 radical (unpaired) electrons. The van der Waals surface area contributed by atoms with Crippen LogP contribution in [0.2, 0.25) is 0 Å². The van der Waals surface area contributed by atoms with Crippen LogP contribution in [-0.2, 0) is 14.3 Å². The smallest absolute Gasteiger partial charge is 0.305 e. The van der Waals surface area contributed by atoms with Gasteiger partial charge >= 0.3 is 5.97 Å². The van der Waals surface area contributed by atoms with Crippen LogP contribution in [0.15, 0.2) is 12.2 Å². The first-order chi connectivity index (χ1) is 37.0. The largest absolute Gasteiger partial charge is 0.466 e. The third-order valence-corrected chi connectivity index (χ3v) is 16.3. The van der Waals surface area contributed by atoms with Crippen molar-refractivity contribution in [3.05, 3.63) is 12.2 Å². The predicted molar refractivity (Wildman–Crippen MR) is 329 cm³/mol. The summed E-state index contributed by atoms with van der Waals surface area (Å²) in [6.07, 6.45) is 79.8. The van der Waals surface area contributed by atoms with Crippen molar-refractivity contribution in [2.45, 2.75) is 405 Å². The number of carbonyl (C=O) groups excluding carboxylic acids is 2. The number of aliphatic hydroxyl groups excluding tert-OH is 2. The Morgan fingerprint density at radius 1 is 0.360 bits per heavy atom. The average molecular weight is 1060 g/mol. The maximum absolute atomic E-state index is 12.5. The third kappa shape index (κ3) is 61.7. The minimum atomic E-state index is -0.659. The van der Waals surface area contributed by atoms with Crippen LogP contribution in [-0.4, -0.2) is 47.4 Å². The molecule has 6 nitrogen and oxygen atoms in total. The van der Waals surface area contributed by atoms with Gasteiger partial charge in [0.1, 0.15) is 0 Å². The molecule has 0 saturated carbocycles. The molecule has 1 amide bonds. The zero-order valence-electron chi connectivity index (χ0n) is 51.1. The summed E-state index contributed by atoms with van der Waals surface area (Å²) in [4.78, 5) is 24.5. The standard InChI is InChI=1S/C69H135NO5/c1-3-5-7-9-11-13-15-17-39-43-47-51-55-59-63-69(74)75-64-60-56-52-48-44-40-37-35-33-31-29-27-25-23-21-19-18-20-22-24-26-28-30-32-34-36-38-42-46-50-54-58-62-68(73)70-66(65-71)67(72)61-57-53-49-45-41-16-14-12-10-8-6-4-2/h15,17,66-67,71-72H,3-14,16,18-65H2,1-2H3,(H,70,73)/b17-15-. The van der Waals surface area contributed by atoms with E-state index in [0.29, 0.717) is 25.9 Å². The Morgan fingerprint density at radius 2 is 0.627 bits per heavy atom. The lowest BCUT2D eigenvalue weighted by atomic mass is 10.0. The van der Waals surface area contributed by atoms with Gasteiger partial charge in [0.2, 0.25) is 5.91 Å². The van der Waals surface area contributed by atoms with Crippen molar-refractivity contribution in [2.75, 3.05) is 13.2 Å². The van der Waals surface area contributed by atoms with Gasteiger partial charge in [-0.1, -0.05) is 341 Å². The Kier molecular flexibility index (Phi) is 63.9. The van der Waals surface area contributed by atoms with Gasteiger partial charge in [0, 0.05) is 12.8 Å². The fraction of sp³-hybridized carbons (Fsp3) is 0.942. The van der Waals surface area contributed by atoms with E-state index in [1.165, 1.54) is 315 Å². The number of rotatable bonds is 65. The van der Waals surface area contributed by atoms with Gasteiger partial charge in [0.15, 0.2) is 0 Å². The summed E-state index contributed by atoms with van der Waals surface area (Å²) in [6.45, 7) is 4.97. The van der Waals surface area contributed by atoms with Crippen molar-refractivity contribution in [3.8, 4) is 0 Å². The van der Waals surface area contributed by atoms with E-state index in [4.69, 9.17) is 4.74 Å². The van der Waals surface area contributed by atoms with Crippen molar-refractivity contribution in [3.63, 3.8) is 0 Å². The highest BCUT2D eigenvalue weighted by molar-refractivity contribution is 5.76. The van der Waals surface area contributed by atoms with Crippen LogP contribution >= 0.6 is 0 Å². The second-order valence-corrected chi connectivity index (χ2v) is 23.9. The first kappa shape index (κ1) is 73.6. The topological polar surface area (TPSA) is 95.9 Å². The highest BCUT2D eigenvalue weighted by Crippen LogP contribution is 2.19. The molecule has 2 unspecified atom stereocenters.